The second-order valence-electron chi connectivity index (χ2n) is 5.69. The van der Waals surface area contributed by atoms with E-state index in [1.807, 2.05) is 36.3 Å². The number of carbonyl (C=O) groups excluding carboxylic acids is 1. The number of piperidine rings is 1. The van der Waals surface area contributed by atoms with Crippen LogP contribution in [-0.4, -0.2) is 46.1 Å². The number of carbonyl (C=O) groups is 1. The molecule has 1 amide bonds. The highest BCUT2D eigenvalue weighted by atomic mass is 16.2. The van der Waals surface area contributed by atoms with Crippen LogP contribution in [0.3, 0.4) is 0 Å². The van der Waals surface area contributed by atoms with E-state index < -0.39 is 0 Å². The van der Waals surface area contributed by atoms with Gasteiger partial charge in [-0.25, -0.2) is 4.52 Å². The molecule has 2 aromatic heterocycles. The number of nitrogens with one attached hydrogen (secondary N) is 1. The van der Waals surface area contributed by atoms with E-state index in [1.54, 1.807) is 10.7 Å². The van der Waals surface area contributed by atoms with E-state index in [0.29, 0.717) is 5.56 Å². The van der Waals surface area contributed by atoms with Gasteiger partial charge in [-0.1, -0.05) is 6.07 Å². The van der Waals surface area contributed by atoms with Gasteiger partial charge in [0.05, 0.1) is 17.3 Å². The molecule has 1 N–H and O–H groups in total. The van der Waals surface area contributed by atoms with Crippen LogP contribution in [0.15, 0.2) is 30.6 Å². The summed E-state index contributed by atoms with van der Waals surface area (Å²) in [5, 5.41) is 7.59. The first-order valence-electron chi connectivity index (χ1n) is 7.03. The topological polar surface area (TPSA) is 49.6 Å². The number of nitrogens with zero attached hydrogens (tertiary/aromatic N) is 3. The standard InChI is InChI=1S/C15H20N4O/c1-15(16-2)6-9-18(10-7-15)14(20)12-11-17-19-8-4-3-5-13(12)19/h3-5,8,11,16H,6-7,9-10H2,1-2H3. The normalized spacial score (nSPS) is 18.4. The van der Waals surface area contributed by atoms with Crippen LogP contribution in [0.4, 0.5) is 0 Å². The molecule has 0 bridgehead atoms. The SMILES string of the molecule is CNC1(C)CCN(C(=O)c2cnn3ccccc23)CC1. The number of hydrogen-bond donors (Lipinski definition) is 1. The lowest BCUT2D eigenvalue weighted by Crippen LogP contribution is -2.51. The molecule has 1 saturated heterocycles. The third-order valence-corrected chi connectivity index (χ3v) is 4.41. The van der Waals surface area contributed by atoms with Gasteiger partial charge in [0.15, 0.2) is 0 Å². The smallest absolute Gasteiger partial charge is 0.257 e. The Morgan fingerprint density at radius 1 is 1.35 bits per heavy atom. The molecule has 0 saturated carbocycles. The van der Waals surface area contributed by atoms with Crippen molar-refractivity contribution < 1.29 is 4.79 Å². The summed E-state index contributed by atoms with van der Waals surface area (Å²) in [5.41, 5.74) is 1.72. The molecule has 0 aromatic carbocycles. The van der Waals surface area contributed by atoms with Crippen LogP contribution in [-0.2, 0) is 0 Å². The maximum Gasteiger partial charge on any atom is 0.257 e. The second-order valence-corrected chi connectivity index (χ2v) is 5.69. The first kappa shape index (κ1) is 13.1. The zero-order valence-electron chi connectivity index (χ0n) is 12.0. The van der Waals surface area contributed by atoms with Crippen molar-refractivity contribution in [1.29, 1.82) is 0 Å². The van der Waals surface area contributed by atoms with Crippen molar-refractivity contribution in [2.24, 2.45) is 0 Å². The summed E-state index contributed by atoms with van der Waals surface area (Å²) >= 11 is 0. The van der Waals surface area contributed by atoms with Gasteiger partial charge in [0.1, 0.15) is 0 Å². The van der Waals surface area contributed by atoms with Gasteiger partial charge >= 0.3 is 0 Å². The Morgan fingerprint density at radius 3 is 2.80 bits per heavy atom. The van der Waals surface area contributed by atoms with Gasteiger partial charge in [-0.3, -0.25) is 4.79 Å². The van der Waals surface area contributed by atoms with E-state index >= 15 is 0 Å². The number of pyridine rings is 1. The average Bonchev–Trinajstić information content (AvgIpc) is 2.91. The predicted molar refractivity (Wildman–Crippen MR) is 77.8 cm³/mol. The van der Waals surface area contributed by atoms with Gasteiger partial charge in [0.2, 0.25) is 0 Å². The molecule has 5 nitrogen and oxygen atoms in total. The lowest BCUT2D eigenvalue weighted by atomic mass is 9.89. The predicted octanol–water partition coefficient (Wildman–Crippen LogP) is 1.55. The second kappa shape index (κ2) is 4.90. The van der Waals surface area contributed by atoms with E-state index in [1.165, 1.54) is 0 Å². The molecule has 1 aliphatic rings. The molecule has 0 radical (unpaired) electrons. The Kier molecular flexibility index (Phi) is 3.22. The summed E-state index contributed by atoms with van der Waals surface area (Å²) in [4.78, 5) is 14.6. The van der Waals surface area contributed by atoms with Crippen LogP contribution < -0.4 is 5.32 Å². The number of amides is 1. The molecule has 3 heterocycles. The Labute approximate surface area is 118 Å². The first-order valence-corrected chi connectivity index (χ1v) is 7.03. The molecule has 106 valence electrons. The van der Waals surface area contributed by atoms with Gasteiger partial charge in [0, 0.05) is 24.8 Å². The summed E-state index contributed by atoms with van der Waals surface area (Å²) in [7, 11) is 1.99. The van der Waals surface area contributed by atoms with Crippen molar-refractivity contribution in [2.45, 2.75) is 25.3 Å². The fraction of sp³-hybridized carbons (Fsp3) is 0.467. The van der Waals surface area contributed by atoms with Crippen LogP contribution >= 0.6 is 0 Å². The monoisotopic (exact) mass is 272 g/mol. The lowest BCUT2D eigenvalue weighted by Gasteiger charge is -2.39. The summed E-state index contributed by atoms with van der Waals surface area (Å²) in [5.74, 6) is 0.0874. The minimum Gasteiger partial charge on any atom is -0.338 e. The number of hydrogen-bond acceptors (Lipinski definition) is 3. The highest BCUT2D eigenvalue weighted by molar-refractivity contribution is 6.00. The minimum absolute atomic E-state index is 0.0874. The van der Waals surface area contributed by atoms with E-state index in [9.17, 15) is 4.79 Å². The molecule has 5 heteroatoms. The summed E-state index contributed by atoms with van der Waals surface area (Å²) in [6.45, 7) is 3.80. The zero-order chi connectivity index (χ0) is 14.2. The van der Waals surface area contributed by atoms with Gasteiger partial charge in [-0.2, -0.15) is 5.10 Å². The molecule has 2 aromatic rings. The summed E-state index contributed by atoms with van der Waals surface area (Å²) in [6.07, 6.45) is 5.49. The van der Waals surface area contributed by atoms with Crippen LogP contribution in [0.1, 0.15) is 30.1 Å². The van der Waals surface area contributed by atoms with Crippen LogP contribution in [0.25, 0.3) is 5.52 Å². The molecule has 0 aliphatic carbocycles. The molecule has 20 heavy (non-hydrogen) atoms. The third-order valence-electron chi connectivity index (χ3n) is 4.41. The molecule has 0 unspecified atom stereocenters. The maximum atomic E-state index is 12.6. The molecule has 0 atom stereocenters. The number of fused-ring (bicyclic) bond motifs is 1. The maximum absolute atomic E-state index is 12.6. The van der Waals surface area contributed by atoms with Crippen molar-refractivity contribution in [3.63, 3.8) is 0 Å². The minimum atomic E-state index is 0.0874. The lowest BCUT2D eigenvalue weighted by molar-refractivity contribution is 0.0664. The zero-order valence-corrected chi connectivity index (χ0v) is 12.0. The van der Waals surface area contributed by atoms with Crippen molar-refractivity contribution in [1.82, 2.24) is 19.8 Å². The van der Waals surface area contributed by atoms with Gasteiger partial charge < -0.3 is 10.2 Å². The highest BCUT2D eigenvalue weighted by Gasteiger charge is 2.31. The molecule has 3 rings (SSSR count). The van der Waals surface area contributed by atoms with Crippen LogP contribution in [0.2, 0.25) is 0 Å². The van der Waals surface area contributed by atoms with E-state index in [-0.39, 0.29) is 11.4 Å². The van der Waals surface area contributed by atoms with Gasteiger partial charge in [-0.15, -0.1) is 0 Å². The third kappa shape index (κ3) is 2.18. The van der Waals surface area contributed by atoms with Crippen LogP contribution in [0.5, 0.6) is 0 Å². The molecule has 1 aliphatic heterocycles. The Hall–Kier alpha value is -1.88. The van der Waals surface area contributed by atoms with Crippen molar-refractivity contribution >= 4 is 11.4 Å². The highest BCUT2D eigenvalue weighted by Crippen LogP contribution is 2.23. The largest absolute Gasteiger partial charge is 0.338 e. The van der Waals surface area contributed by atoms with Crippen molar-refractivity contribution in [2.75, 3.05) is 20.1 Å². The number of likely N-dealkylation sites (tertiary alicyclic amines) is 1. The summed E-state index contributed by atoms with van der Waals surface area (Å²) in [6, 6.07) is 5.78. The Morgan fingerprint density at radius 2 is 2.10 bits per heavy atom. The van der Waals surface area contributed by atoms with Crippen LogP contribution in [0, 0.1) is 0 Å². The van der Waals surface area contributed by atoms with E-state index in [4.69, 9.17) is 0 Å². The molecular formula is C15H20N4O. The average molecular weight is 272 g/mol. The fourth-order valence-corrected chi connectivity index (χ4v) is 2.72. The Balaban J connectivity index is 1.80. The molecular weight excluding hydrogens is 252 g/mol. The first-order chi connectivity index (χ1) is 9.63. The molecule has 1 fully saturated rings. The van der Waals surface area contributed by atoms with Crippen molar-refractivity contribution in [3.8, 4) is 0 Å². The fourth-order valence-electron chi connectivity index (χ4n) is 2.72. The molecule has 0 spiro atoms. The number of rotatable bonds is 2. The van der Waals surface area contributed by atoms with Gasteiger partial charge in [0.25, 0.3) is 5.91 Å². The van der Waals surface area contributed by atoms with E-state index in [2.05, 4.69) is 17.3 Å². The van der Waals surface area contributed by atoms with Crippen molar-refractivity contribution in [3.05, 3.63) is 36.2 Å². The van der Waals surface area contributed by atoms with Gasteiger partial charge in [-0.05, 0) is 38.9 Å². The quantitative estimate of drug-likeness (QED) is 0.902. The Bertz CT molecular complexity index is 626. The number of aromatic nitrogens is 2. The summed E-state index contributed by atoms with van der Waals surface area (Å²) < 4.78 is 1.74. The van der Waals surface area contributed by atoms with E-state index in [0.717, 1.165) is 31.4 Å².